The number of rotatable bonds is 2. The first kappa shape index (κ1) is 11.5. The number of tetrazole rings is 1. The Hall–Kier alpha value is -0.970. The summed E-state index contributed by atoms with van der Waals surface area (Å²) in [5, 5.41) is 12.8. The zero-order valence-electron chi connectivity index (χ0n) is 10.7. The van der Waals surface area contributed by atoms with Gasteiger partial charge in [-0.05, 0) is 43.9 Å². The van der Waals surface area contributed by atoms with Gasteiger partial charge in [0.25, 0.3) is 0 Å². The summed E-state index contributed by atoms with van der Waals surface area (Å²) in [6, 6.07) is 0. The van der Waals surface area contributed by atoms with Crippen molar-refractivity contribution in [1.82, 2.24) is 20.2 Å². The van der Waals surface area contributed by atoms with Crippen LogP contribution in [0.1, 0.15) is 46.4 Å². The summed E-state index contributed by atoms with van der Waals surface area (Å²) in [5.74, 6) is 1.70. The second-order valence-electron chi connectivity index (χ2n) is 6.25. The van der Waals surface area contributed by atoms with Crippen LogP contribution in [0.4, 0.5) is 0 Å². The highest BCUT2D eigenvalue weighted by molar-refractivity contribution is 5.19. The Kier molecular flexibility index (Phi) is 2.35. The third-order valence-corrected chi connectivity index (χ3v) is 3.61. The lowest BCUT2D eigenvalue weighted by molar-refractivity contribution is 0.305. The molecule has 1 aliphatic rings. The van der Waals surface area contributed by atoms with E-state index in [2.05, 4.69) is 50.0 Å². The van der Waals surface area contributed by atoms with Gasteiger partial charge in [-0.25, -0.2) is 0 Å². The van der Waals surface area contributed by atoms with Crippen LogP contribution in [0.15, 0.2) is 0 Å². The summed E-state index contributed by atoms with van der Waals surface area (Å²) in [4.78, 5) is 1.68. The van der Waals surface area contributed by atoms with Crippen LogP contribution in [-0.4, -0.2) is 26.8 Å². The molecule has 1 aliphatic carbocycles. The predicted octanol–water partition coefficient (Wildman–Crippen LogP) is 1.13. The van der Waals surface area contributed by atoms with Gasteiger partial charge in [-0.3, -0.25) is 0 Å². The molecule has 0 unspecified atom stereocenters. The molecular weight excluding hydrogens is 202 g/mol. The lowest BCUT2D eigenvalue weighted by atomic mass is 10.1. The highest BCUT2D eigenvalue weighted by Crippen LogP contribution is 2.62. The van der Waals surface area contributed by atoms with Crippen molar-refractivity contribution in [3.05, 3.63) is 5.82 Å². The molecule has 5 nitrogen and oxygen atoms in total. The molecular formula is C11H21N5. The Labute approximate surface area is 96.4 Å². The third-order valence-electron chi connectivity index (χ3n) is 3.61. The highest BCUT2D eigenvalue weighted by atomic mass is 15.6. The van der Waals surface area contributed by atoms with Crippen molar-refractivity contribution in [2.45, 2.75) is 46.1 Å². The molecule has 1 heterocycles. The van der Waals surface area contributed by atoms with Gasteiger partial charge in [-0.15, -0.1) is 10.2 Å². The molecule has 0 aromatic carbocycles. The zero-order chi connectivity index (χ0) is 12.1. The van der Waals surface area contributed by atoms with Gasteiger partial charge in [0.1, 0.15) is 0 Å². The monoisotopic (exact) mass is 223 g/mol. The Bertz CT molecular complexity index is 387. The minimum Gasteiger partial charge on any atom is -0.330 e. The summed E-state index contributed by atoms with van der Waals surface area (Å²) < 4.78 is 0. The van der Waals surface area contributed by atoms with Crippen molar-refractivity contribution in [2.24, 2.45) is 17.1 Å². The maximum Gasteiger partial charge on any atom is 0.178 e. The lowest BCUT2D eigenvalue weighted by Crippen LogP contribution is -2.24. The van der Waals surface area contributed by atoms with Crippen LogP contribution in [0.3, 0.4) is 0 Å². The maximum atomic E-state index is 5.75. The molecule has 0 spiro atoms. The van der Waals surface area contributed by atoms with E-state index in [-0.39, 0.29) is 11.0 Å². The van der Waals surface area contributed by atoms with Crippen LogP contribution in [0.2, 0.25) is 0 Å². The van der Waals surface area contributed by atoms with Crippen LogP contribution in [0, 0.1) is 11.3 Å². The molecule has 1 aromatic rings. The molecule has 1 fully saturated rings. The van der Waals surface area contributed by atoms with Gasteiger partial charge in [0.15, 0.2) is 5.82 Å². The molecule has 5 heteroatoms. The fourth-order valence-corrected chi connectivity index (χ4v) is 2.33. The molecule has 1 aromatic heterocycles. The summed E-state index contributed by atoms with van der Waals surface area (Å²) in [7, 11) is 0. The SMILES string of the molecule is CC1(C)[C@@H](CN)[C@@H]1c1nnn(C(C)(C)C)n1. The van der Waals surface area contributed by atoms with Gasteiger partial charge in [0.2, 0.25) is 0 Å². The minimum atomic E-state index is -0.109. The topological polar surface area (TPSA) is 69.6 Å². The van der Waals surface area contributed by atoms with Crippen LogP contribution < -0.4 is 5.73 Å². The van der Waals surface area contributed by atoms with E-state index in [0.29, 0.717) is 18.4 Å². The fourth-order valence-electron chi connectivity index (χ4n) is 2.33. The van der Waals surface area contributed by atoms with Crippen LogP contribution in [0.25, 0.3) is 0 Å². The fraction of sp³-hybridized carbons (Fsp3) is 0.909. The van der Waals surface area contributed by atoms with E-state index >= 15 is 0 Å². The van der Waals surface area contributed by atoms with Crippen LogP contribution >= 0.6 is 0 Å². The van der Waals surface area contributed by atoms with Gasteiger partial charge in [-0.2, -0.15) is 4.80 Å². The first-order valence-corrected chi connectivity index (χ1v) is 5.79. The minimum absolute atomic E-state index is 0.109. The lowest BCUT2D eigenvalue weighted by Gasteiger charge is -2.15. The molecule has 0 aliphatic heterocycles. The van der Waals surface area contributed by atoms with Crippen LogP contribution in [0.5, 0.6) is 0 Å². The molecule has 16 heavy (non-hydrogen) atoms. The van der Waals surface area contributed by atoms with E-state index in [1.807, 2.05) is 0 Å². The van der Waals surface area contributed by atoms with Crippen molar-refractivity contribution in [1.29, 1.82) is 0 Å². The average molecular weight is 223 g/mol. The third kappa shape index (κ3) is 1.63. The zero-order valence-corrected chi connectivity index (χ0v) is 10.7. The Morgan fingerprint density at radius 3 is 2.38 bits per heavy atom. The van der Waals surface area contributed by atoms with E-state index in [0.717, 1.165) is 5.82 Å². The smallest absolute Gasteiger partial charge is 0.178 e. The van der Waals surface area contributed by atoms with E-state index in [4.69, 9.17) is 5.73 Å². The van der Waals surface area contributed by atoms with Gasteiger partial charge < -0.3 is 5.73 Å². The van der Waals surface area contributed by atoms with Gasteiger partial charge in [0.05, 0.1) is 5.54 Å². The van der Waals surface area contributed by atoms with Crippen molar-refractivity contribution < 1.29 is 0 Å². The number of nitrogens with zero attached hydrogens (tertiary/aromatic N) is 4. The quantitative estimate of drug-likeness (QED) is 0.816. The largest absolute Gasteiger partial charge is 0.330 e. The molecule has 90 valence electrons. The average Bonchev–Trinajstić information content (AvgIpc) is 2.57. The molecule has 0 amide bonds. The first-order valence-electron chi connectivity index (χ1n) is 5.79. The second kappa shape index (κ2) is 3.26. The number of hydrogen-bond acceptors (Lipinski definition) is 4. The Morgan fingerprint density at radius 1 is 1.38 bits per heavy atom. The molecule has 0 bridgehead atoms. The molecule has 2 rings (SSSR count). The Morgan fingerprint density at radius 2 is 2.00 bits per heavy atom. The predicted molar refractivity (Wildman–Crippen MR) is 61.9 cm³/mol. The Balaban J connectivity index is 2.22. The molecule has 1 saturated carbocycles. The van der Waals surface area contributed by atoms with Crippen molar-refractivity contribution in [2.75, 3.05) is 6.54 Å². The van der Waals surface area contributed by atoms with E-state index in [1.54, 1.807) is 4.80 Å². The number of nitrogens with two attached hydrogens (primary N) is 1. The van der Waals surface area contributed by atoms with Gasteiger partial charge in [0, 0.05) is 5.92 Å². The summed E-state index contributed by atoms with van der Waals surface area (Å²) in [6.45, 7) is 11.3. The molecule has 0 saturated heterocycles. The van der Waals surface area contributed by atoms with Crippen molar-refractivity contribution >= 4 is 0 Å². The summed E-state index contributed by atoms with van der Waals surface area (Å²) in [5.41, 5.74) is 5.86. The molecule has 2 atom stereocenters. The highest BCUT2D eigenvalue weighted by Gasteiger charge is 2.59. The maximum absolute atomic E-state index is 5.75. The van der Waals surface area contributed by atoms with Gasteiger partial charge >= 0.3 is 0 Å². The summed E-state index contributed by atoms with van der Waals surface area (Å²) >= 11 is 0. The molecule has 2 N–H and O–H groups in total. The van der Waals surface area contributed by atoms with E-state index in [9.17, 15) is 0 Å². The van der Waals surface area contributed by atoms with Gasteiger partial charge in [-0.1, -0.05) is 13.8 Å². The van der Waals surface area contributed by atoms with E-state index in [1.165, 1.54) is 0 Å². The normalized spacial score (nSPS) is 28.1. The number of aromatic nitrogens is 4. The number of hydrogen-bond donors (Lipinski definition) is 1. The second-order valence-corrected chi connectivity index (χ2v) is 6.25. The van der Waals surface area contributed by atoms with Crippen molar-refractivity contribution in [3.8, 4) is 0 Å². The van der Waals surface area contributed by atoms with E-state index < -0.39 is 0 Å². The molecule has 0 radical (unpaired) electrons. The summed E-state index contributed by atoms with van der Waals surface area (Å²) in [6.07, 6.45) is 0. The van der Waals surface area contributed by atoms with Crippen LogP contribution in [-0.2, 0) is 5.54 Å². The van der Waals surface area contributed by atoms with Crippen molar-refractivity contribution in [3.63, 3.8) is 0 Å². The standard InChI is InChI=1S/C11H21N5/c1-10(2,3)16-14-9(13-15-16)8-7(6-12)11(8,4)5/h7-8H,6,12H2,1-5H3/t7-,8+/m0/s1. The first-order chi connectivity index (χ1) is 7.28.